The van der Waals surface area contributed by atoms with Gasteiger partial charge in [-0.3, -0.25) is 9.59 Å². The molecule has 4 rings (SSSR count). The van der Waals surface area contributed by atoms with Crippen LogP contribution in [0, 0.1) is 0 Å². The van der Waals surface area contributed by atoms with Gasteiger partial charge in [-0.05, 0) is 36.3 Å². The number of rotatable bonds is 3. The van der Waals surface area contributed by atoms with Crippen LogP contribution in [-0.4, -0.2) is 22.2 Å². The third-order valence-corrected chi connectivity index (χ3v) is 5.48. The first kappa shape index (κ1) is 17.8. The normalized spacial score (nSPS) is 20.5. The second kappa shape index (κ2) is 7.17. The summed E-state index contributed by atoms with van der Waals surface area (Å²) in [5.41, 5.74) is 2.54. The van der Waals surface area contributed by atoms with Crippen molar-refractivity contribution in [3.8, 4) is 5.75 Å². The molecule has 5 nitrogen and oxygen atoms in total. The predicted octanol–water partition coefficient (Wildman–Crippen LogP) is 3.49. The third kappa shape index (κ3) is 3.61. The lowest BCUT2D eigenvalue weighted by Crippen LogP contribution is -2.44. The van der Waals surface area contributed by atoms with Crippen LogP contribution in [0.15, 0.2) is 53.4 Å². The summed E-state index contributed by atoms with van der Waals surface area (Å²) in [6.07, 6.45) is 1.22. The van der Waals surface area contributed by atoms with E-state index in [1.807, 2.05) is 48.5 Å². The highest BCUT2D eigenvalue weighted by molar-refractivity contribution is 8.26. The lowest BCUT2D eigenvalue weighted by Gasteiger charge is -2.33. The lowest BCUT2D eigenvalue weighted by molar-refractivity contribution is -0.125. The molecular weight excluding hydrogens is 380 g/mol. The zero-order chi connectivity index (χ0) is 19.0. The molecule has 2 aliphatic heterocycles. The number of hydrogen-bond donors (Lipinski definition) is 1. The van der Waals surface area contributed by atoms with Crippen molar-refractivity contribution in [2.24, 2.45) is 0 Å². The fraction of sp³-hybridized carbons (Fsp3) is 0.150. The van der Waals surface area contributed by atoms with E-state index in [4.69, 9.17) is 17.0 Å². The minimum Gasteiger partial charge on any atom is -0.479 e. The Kier molecular flexibility index (Phi) is 4.72. The van der Waals surface area contributed by atoms with Gasteiger partial charge in [0.05, 0.1) is 17.1 Å². The smallest absolute Gasteiger partial charge is 0.268 e. The van der Waals surface area contributed by atoms with E-state index in [2.05, 4.69) is 5.32 Å². The standard InChI is InChI=1S/C20H16N2O3S2/c1-12-19(24)22(11-13-5-3-2-4-6-13)15-9-14(7-8-16(15)25-12)10-17-18(23)21-20(26)27-17/h2-10,12H,11H2,1H3,(H,21,23,26)/t12-/m0/s1. The van der Waals surface area contributed by atoms with Crippen molar-refractivity contribution in [2.45, 2.75) is 19.6 Å². The molecule has 1 fully saturated rings. The van der Waals surface area contributed by atoms with Crippen molar-refractivity contribution < 1.29 is 14.3 Å². The molecule has 7 heteroatoms. The molecule has 1 saturated heterocycles. The van der Waals surface area contributed by atoms with Gasteiger partial charge in [-0.1, -0.05) is 60.4 Å². The second-order valence-corrected chi connectivity index (χ2v) is 7.97. The maximum Gasteiger partial charge on any atom is 0.268 e. The van der Waals surface area contributed by atoms with Crippen LogP contribution in [-0.2, 0) is 16.1 Å². The van der Waals surface area contributed by atoms with Crippen LogP contribution < -0.4 is 15.0 Å². The van der Waals surface area contributed by atoms with Gasteiger partial charge in [-0.2, -0.15) is 0 Å². The van der Waals surface area contributed by atoms with Gasteiger partial charge in [-0.25, -0.2) is 0 Å². The summed E-state index contributed by atoms with van der Waals surface area (Å²) in [7, 11) is 0. The summed E-state index contributed by atoms with van der Waals surface area (Å²) < 4.78 is 6.20. The highest BCUT2D eigenvalue weighted by Gasteiger charge is 2.32. The average molecular weight is 396 g/mol. The zero-order valence-corrected chi connectivity index (χ0v) is 16.1. The highest BCUT2D eigenvalue weighted by Crippen LogP contribution is 2.37. The van der Waals surface area contributed by atoms with E-state index >= 15 is 0 Å². The Hall–Kier alpha value is -2.64. The number of carbonyl (C=O) groups is 2. The Morgan fingerprint density at radius 2 is 2.00 bits per heavy atom. The van der Waals surface area contributed by atoms with E-state index in [9.17, 15) is 9.59 Å². The number of nitrogens with zero attached hydrogens (tertiary/aromatic N) is 1. The minimum atomic E-state index is -0.543. The van der Waals surface area contributed by atoms with Gasteiger partial charge in [0.15, 0.2) is 6.10 Å². The van der Waals surface area contributed by atoms with Crippen LogP contribution in [0.5, 0.6) is 5.75 Å². The molecule has 0 bridgehead atoms. The van der Waals surface area contributed by atoms with Crippen molar-refractivity contribution in [2.75, 3.05) is 4.90 Å². The molecule has 2 aromatic rings. The van der Waals surface area contributed by atoms with Gasteiger partial charge < -0.3 is 15.0 Å². The summed E-state index contributed by atoms with van der Waals surface area (Å²) in [4.78, 5) is 26.9. The molecule has 0 unspecified atom stereocenters. The van der Waals surface area contributed by atoms with Crippen LogP contribution >= 0.6 is 24.0 Å². The summed E-state index contributed by atoms with van der Waals surface area (Å²) in [5.74, 6) is 0.356. The van der Waals surface area contributed by atoms with Crippen LogP contribution in [0.2, 0.25) is 0 Å². The summed E-state index contributed by atoms with van der Waals surface area (Å²) in [6.45, 7) is 2.21. The van der Waals surface area contributed by atoms with Crippen LogP contribution in [0.25, 0.3) is 6.08 Å². The van der Waals surface area contributed by atoms with E-state index in [0.29, 0.717) is 27.2 Å². The fourth-order valence-electron chi connectivity index (χ4n) is 3.02. The van der Waals surface area contributed by atoms with Gasteiger partial charge in [0.1, 0.15) is 10.1 Å². The monoisotopic (exact) mass is 396 g/mol. The van der Waals surface area contributed by atoms with E-state index in [1.165, 1.54) is 11.8 Å². The topological polar surface area (TPSA) is 58.6 Å². The van der Waals surface area contributed by atoms with Crippen LogP contribution in [0.3, 0.4) is 0 Å². The van der Waals surface area contributed by atoms with E-state index in [1.54, 1.807) is 17.9 Å². The minimum absolute atomic E-state index is 0.0923. The van der Waals surface area contributed by atoms with E-state index in [0.717, 1.165) is 11.1 Å². The maximum atomic E-state index is 12.7. The van der Waals surface area contributed by atoms with Crippen molar-refractivity contribution in [3.05, 3.63) is 64.6 Å². The number of anilines is 1. The molecular formula is C20H16N2O3S2. The molecule has 2 amide bonds. The quantitative estimate of drug-likeness (QED) is 0.636. The SMILES string of the molecule is C[C@@H]1Oc2ccc(C=C3SC(=S)NC3=O)cc2N(Cc2ccccc2)C1=O. The highest BCUT2D eigenvalue weighted by atomic mass is 32.2. The average Bonchev–Trinajstić information content (AvgIpc) is 2.97. The number of thioether (sulfide) groups is 1. The van der Waals surface area contributed by atoms with Gasteiger partial charge in [0.25, 0.3) is 11.8 Å². The van der Waals surface area contributed by atoms with E-state index in [-0.39, 0.29) is 11.8 Å². The molecule has 27 heavy (non-hydrogen) atoms. The Balaban J connectivity index is 1.71. The number of amides is 2. The van der Waals surface area contributed by atoms with Gasteiger partial charge in [0.2, 0.25) is 0 Å². The maximum absolute atomic E-state index is 12.7. The Morgan fingerprint density at radius 1 is 1.22 bits per heavy atom. The number of ether oxygens (including phenoxy) is 1. The molecule has 0 saturated carbocycles. The van der Waals surface area contributed by atoms with Crippen LogP contribution in [0.1, 0.15) is 18.1 Å². The molecule has 2 heterocycles. The first-order valence-electron chi connectivity index (χ1n) is 8.42. The summed E-state index contributed by atoms with van der Waals surface area (Å²) >= 11 is 6.25. The van der Waals surface area contributed by atoms with Crippen molar-refractivity contribution in [1.29, 1.82) is 0 Å². The van der Waals surface area contributed by atoms with Gasteiger partial charge >= 0.3 is 0 Å². The van der Waals surface area contributed by atoms with Crippen LogP contribution in [0.4, 0.5) is 5.69 Å². The molecule has 2 aromatic carbocycles. The molecule has 0 aromatic heterocycles. The second-order valence-electron chi connectivity index (χ2n) is 6.25. The Labute approximate surface area is 166 Å². The molecule has 0 spiro atoms. The third-order valence-electron chi connectivity index (χ3n) is 4.31. The summed E-state index contributed by atoms with van der Waals surface area (Å²) in [6, 6.07) is 15.4. The summed E-state index contributed by atoms with van der Waals surface area (Å²) in [5, 5.41) is 2.60. The van der Waals surface area contributed by atoms with Gasteiger partial charge in [0, 0.05) is 0 Å². The number of fused-ring (bicyclic) bond motifs is 1. The number of nitrogens with one attached hydrogen (secondary N) is 1. The molecule has 1 atom stereocenters. The fourth-order valence-corrected chi connectivity index (χ4v) is 4.06. The largest absolute Gasteiger partial charge is 0.479 e. The Morgan fingerprint density at radius 3 is 2.70 bits per heavy atom. The van der Waals surface area contributed by atoms with E-state index < -0.39 is 6.10 Å². The van der Waals surface area contributed by atoms with Crippen molar-refractivity contribution >= 4 is 51.9 Å². The molecule has 0 aliphatic carbocycles. The molecule has 136 valence electrons. The number of hydrogen-bond acceptors (Lipinski definition) is 5. The first-order chi connectivity index (χ1) is 13.0. The first-order valence-corrected chi connectivity index (χ1v) is 9.64. The molecule has 2 aliphatic rings. The number of benzene rings is 2. The number of carbonyl (C=O) groups excluding carboxylic acids is 2. The van der Waals surface area contributed by atoms with Crippen molar-refractivity contribution in [3.63, 3.8) is 0 Å². The zero-order valence-electron chi connectivity index (χ0n) is 14.5. The van der Waals surface area contributed by atoms with Crippen molar-refractivity contribution in [1.82, 2.24) is 5.32 Å². The molecule has 0 radical (unpaired) electrons. The predicted molar refractivity (Wildman–Crippen MR) is 110 cm³/mol. The van der Waals surface area contributed by atoms with Gasteiger partial charge in [-0.15, -0.1) is 0 Å². The molecule has 1 N–H and O–H groups in total. The lowest BCUT2D eigenvalue weighted by atomic mass is 10.1. The number of thiocarbonyl (C=S) groups is 1. The Bertz CT molecular complexity index is 972.